The van der Waals surface area contributed by atoms with E-state index in [-0.39, 0.29) is 5.82 Å². The van der Waals surface area contributed by atoms with Gasteiger partial charge in [-0.25, -0.2) is 4.39 Å². The van der Waals surface area contributed by atoms with E-state index < -0.39 is 0 Å². The number of guanidine groups is 1. The van der Waals surface area contributed by atoms with Gasteiger partial charge >= 0.3 is 0 Å². The number of hydrogen-bond acceptors (Lipinski definition) is 1. The van der Waals surface area contributed by atoms with Crippen LogP contribution in [0.3, 0.4) is 0 Å². The average molecular weight is 340 g/mol. The van der Waals surface area contributed by atoms with Gasteiger partial charge in [-0.15, -0.1) is 0 Å². The topological polar surface area (TPSA) is 50.4 Å². The Bertz CT molecular complexity index is 528. The van der Waals surface area contributed by atoms with Crippen LogP contribution in [0.5, 0.6) is 0 Å². The first kappa shape index (κ1) is 13.9. The molecular formula is C15H19BrFN3. The Balaban J connectivity index is 1.51. The Morgan fingerprint density at radius 1 is 1.45 bits per heavy atom. The van der Waals surface area contributed by atoms with Crippen LogP contribution in [-0.2, 0) is 0 Å². The summed E-state index contributed by atoms with van der Waals surface area (Å²) < 4.78 is 14.0. The van der Waals surface area contributed by atoms with Crippen molar-refractivity contribution in [2.24, 2.45) is 16.6 Å². The molecule has 0 heterocycles. The lowest BCUT2D eigenvalue weighted by Crippen LogP contribution is -2.35. The maximum atomic E-state index is 13.5. The Morgan fingerprint density at radius 3 is 2.90 bits per heavy atom. The molecule has 0 unspecified atom stereocenters. The molecule has 2 aliphatic rings. The number of benzene rings is 1. The lowest BCUT2D eigenvalue weighted by Gasteiger charge is -2.23. The quantitative estimate of drug-likeness (QED) is 0.654. The first-order chi connectivity index (χ1) is 9.63. The minimum Gasteiger partial charge on any atom is -0.370 e. The lowest BCUT2D eigenvalue weighted by atomic mass is 9.86. The molecule has 2 saturated carbocycles. The van der Waals surface area contributed by atoms with E-state index >= 15 is 0 Å². The summed E-state index contributed by atoms with van der Waals surface area (Å²) in [6, 6.07) is 5.61. The maximum absolute atomic E-state index is 13.5. The third-order valence-electron chi connectivity index (χ3n) is 4.24. The summed E-state index contributed by atoms with van der Waals surface area (Å²) in [5, 5.41) is 3.23. The molecule has 1 aromatic carbocycles. The maximum Gasteiger partial charge on any atom is 0.188 e. The first-order valence-corrected chi connectivity index (χ1v) is 7.94. The van der Waals surface area contributed by atoms with Crippen LogP contribution in [0.4, 0.5) is 4.39 Å². The van der Waals surface area contributed by atoms with Gasteiger partial charge in [-0.1, -0.05) is 12.5 Å². The van der Waals surface area contributed by atoms with Gasteiger partial charge in [-0.3, -0.25) is 4.99 Å². The molecule has 0 aliphatic heterocycles. The number of aliphatic imine (C=N–C) groups is 1. The molecule has 0 aromatic heterocycles. The van der Waals surface area contributed by atoms with Crippen molar-refractivity contribution >= 4 is 21.9 Å². The summed E-state index contributed by atoms with van der Waals surface area (Å²) in [7, 11) is 0. The highest BCUT2D eigenvalue weighted by Crippen LogP contribution is 2.41. The molecule has 108 valence electrons. The molecule has 2 fully saturated rings. The molecule has 3 N–H and O–H groups in total. The van der Waals surface area contributed by atoms with Crippen molar-refractivity contribution < 1.29 is 4.39 Å². The van der Waals surface area contributed by atoms with Crippen molar-refractivity contribution in [2.75, 3.05) is 6.54 Å². The van der Waals surface area contributed by atoms with Crippen molar-refractivity contribution in [3.8, 4) is 0 Å². The predicted molar refractivity (Wildman–Crippen MR) is 82.2 cm³/mol. The molecule has 0 bridgehead atoms. The van der Waals surface area contributed by atoms with Crippen molar-refractivity contribution in [2.45, 2.75) is 37.6 Å². The van der Waals surface area contributed by atoms with Gasteiger partial charge < -0.3 is 11.1 Å². The van der Waals surface area contributed by atoms with Crippen LogP contribution in [0.1, 0.15) is 37.2 Å². The summed E-state index contributed by atoms with van der Waals surface area (Å²) in [6.07, 6.45) is 4.87. The molecule has 0 spiro atoms. The molecule has 0 radical (unpaired) electrons. The van der Waals surface area contributed by atoms with Crippen LogP contribution < -0.4 is 11.1 Å². The molecule has 3 rings (SSSR count). The second-order valence-electron chi connectivity index (χ2n) is 5.79. The summed E-state index contributed by atoms with van der Waals surface area (Å²) in [5.41, 5.74) is 6.92. The van der Waals surface area contributed by atoms with E-state index in [1.807, 2.05) is 6.07 Å². The lowest BCUT2D eigenvalue weighted by molar-refractivity contribution is 0.326. The van der Waals surface area contributed by atoms with Gasteiger partial charge in [0.25, 0.3) is 0 Å². The van der Waals surface area contributed by atoms with Crippen molar-refractivity contribution in [3.05, 3.63) is 34.1 Å². The highest BCUT2D eigenvalue weighted by Gasteiger charge is 2.39. The van der Waals surface area contributed by atoms with Crippen molar-refractivity contribution in [1.29, 1.82) is 0 Å². The standard InChI is InChI=1S/C15H19BrFN3/c16-12-5-4-10(6-13(12)17)11-7-14(11)20-15(18)19-8-9-2-1-3-9/h4-6,9,11,14H,1-3,7-8H2,(H3,18,19,20)/t11-,14+/m0/s1. The van der Waals surface area contributed by atoms with E-state index in [1.165, 1.54) is 19.3 Å². The molecule has 0 amide bonds. The fourth-order valence-corrected chi connectivity index (χ4v) is 2.85. The number of rotatable bonds is 4. The molecule has 2 atom stereocenters. The fraction of sp³-hybridized carbons (Fsp3) is 0.533. The predicted octanol–water partition coefficient (Wildman–Crippen LogP) is 3.15. The zero-order valence-electron chi connectivity index (χ0n) is 11.3. The molecule has 1 aromatic rings. The van der Waals surface area contributed by atoms with Gasteiger partial charge in [0.2, 0.25) is 0 Å². The van der Waals surface area contributed by atoms with Gasteiger partial charge in [0.1, 0.15) is 5.82 Å². The average Bonchev–Trinajstić information content (AvgIpc) is 3.10. The Hall–Kier alpha value is -1.10. The van der Waals surface area contributed by atoms with Crippen LogP contribution in [0.25, 0.3) is 0 Å². The third kappa shape index (κ3) is 3.14. The van der Waals surface area contributed by atoms with Crippen molar-refractivity contribution in [3.63, 3.8) is 0 Å². The summed E-state index contributed by atoms with van der Waals surface area (Å²) in [5.74, 6) is 1.39. The number of halogens is 2. The minimum atomic E-state index is -0.209. The number of nitrogens with zero attached hydrogens (tertiary/aromatic N) is 1. The summed E-state index contributed by atoms with van der Waals surface area (Å²) >= 11 is 3.17. The second kappa shape index (κ2) is 5.72. The Labute approximate surface area is 127 Å². The van der Waals surface area contributed by atoms with E-state index in [0.717, 1.165) is 24.4 Å². The number of nitrogens with two attached hydrogens (primary N) is 1. The molecule has 20 heavy (non-hydrogen) atoms. The molecule has 5 heteroatoms. The van der Waals surface area contributed by atoms with Gasteiger partial charge in [-0.05, 0) is 58.8 Å². The summed E-state index contributed by atoms with van der Waals surface area (Å²) in [6.45, 7) is 0.836. The normalized spacial score (nSPS) is 26.2. The van der Waals surface area contributed by atoms with Crippen LogP contribution in [0.15, 0.2) is 27.7 Å². The second-order valence-corrected chi connectivity index (χ2v) is 6.64. The van der Waals surface area contributed by atoms with Crippen LogP contribution >= 0.6 is 15.9 Å². The minimum absolute atomic E-state index is 0.209. The Kier molecular flexibility index (Phi) is 3.96. The van der Waals surface area contributed by atoms with Gasteiger partial charge in [0.05, 0.1) is 4.47 Å². The van der Waals surface area contributed by atoms with Gasteiger partial charge in [0.15, 0.2) is 5.96 Å². The van der Waals surface area contributed by atoms with E-state index in [2.05, 4.69) is 26.2 Å². The highest BCUT2D eigenvalue weighted by molar-refractivity contribution is 9.10. The molecule has 3 nitrogen and oxygen atoms in total. The highest BCUT2D eigenvalue weighted by atomic mass is 79.9. The van der Waals surface area contributed by atoms with E-state index in [4.69, 9.17) is 5.73 Å². The largest absolute Gasteiger partial charge is 0.370 e. The Morgan fingerprint density at radius 2 is 2.25 bits per heavy atom. The first-order valence-electron chi connectivity index (χ1n) is 7.15. The van der Waals surface area contributed by atoms with Gasteiger partial charge in [0, 0.05) is 18.5 Å². The van der Waals surface area contributed by atoms with E-state index in [1.54, 1.807) is 12.1 Å². The van der Waals surface area contributed by atoms with Gasteiger partial charge in [-0.2, -0.15) is 0 Å². The number of nitrogens with one attached hydrogen (secondary N) is 1. The smallest absolute Gasteiger partial charge is 0.188 e. The SMILES string of the molecule is NC(=NCC1CCC1)N[C@@H]1C[C@H]1c1ccc(Br)c(F)c1. The summed E-state index contributed by atoms with van der Waals surface area (Å²) in [4.78, 5) is 4.39. The molecule has 2 aliphatic carbocycles. The van der Waals surface area contributed by atoms with Crippen LogP contribution in [-0.4, -0.2) is 18.5 Å². The monoisotopic (exact) mass is 339 g/mol. The van der Waals surface area contributed by atoms with E-state index in [9.17, 15) is 4.39 Å². The molecular weight excluding hydrogens is 321 g/mol. The fourth-order valence-electron chi connectivity index (χ4n) is 2.60. The van der Waals surface area contributed by atoms with E-state index in [0.29, 0.717) is 22.4 Å². The number of hydrogen-bond donors (Lipinski definition) is 2. The van der Waals surface area contributed by atoms with Crippen molar-refractivity contribution in [1.82, 2.24) is 5.32 Å². The zero-order chi connectivity index (χ0) is 14.1. The third-order valence-corrected chi connectivity index (χ3v) is 4.88. The van der Waals surface area contributed by atoms with Crippen LogP contribution in [0.2, 0.25) is 0 Å². The van der Waals surface area contributed by atoms with Crippen LogP contribution in [0, 0.1) is 11.7 Å². The zero-order valence-corrected chi connectivity index (χ0v) is 12.9. The molecule has 0 saturated heterocycles.